The van der Waals surface area contributed by atoms with Gasteiger partial charge in [-0.05, 0) is 60.4 Å². The van der Waals surface area contributed by atoms with Gasteiger partial charge in [-0.25, -0.2) is 9.18 Å². The molecule has 1 aliphatic rings. The molecular weight excluding hydrogens is 413 g/mol. The van der Waals surface area contributed by atoms with Crippen LogP contribution in [0.3, 0.4) is 0 Å². The molecule has 1 atom stereocenters. The molecule has 2 heterocycles. The zero-order valence-corrected chi connectivity index (χ0v) is 17.7. The first kappa shape index (κ1) is 19.6. The van der Waals surface area contributed by atoms with E-state index in [2.05, 4.69) is 16.4 Å². The third kappa shape index (κ3) is 3.55. The largest absolute Gasteiger partial charge is 0.356 e. The Balaban J connectivity index is 1.57. The second-order valence-electron chi connectivity index (χ2n) is 7.87. The van der Waals surface area contributed by atoms with Gasteiger partial charge in [-0.2, -0.15) is 0 Å². The van der Waals surface area contributed by atoms with Gasteiger partial charge in [0.25, 0.3) is 0 Å². The molecule has 0 saturated heterocycles. The van der Waals surface area contributed by atoms with E-state index in [1.807, 2.05) is 37.3 Å². The zero-order valence-electron chi connectivity index (χ0n) is 17.0. The molecule has 2 amide bonds. The number of carbonyl (C=O) groups excluding carboxylic acids is 1. The highest BCUT2D eigenvalue weighted by molar-refractivity contribution is 6.33. The number of nitrogens with one attached hydrogen (secondary N) is 2. The van der Waals surface area contributed by atoms with Gasteiger partial charge < -0.3 is 15.2 Å². The van der Waals surface area contributed by atoms with Gasteiger partial charge in [0.1, 0.15) is 5.82 Å². The number of aromatic nitrogens is 1. The summed E-state index contributed by atoms with van der Waals surface area (Å²) in [5, 5.41) is 4.60. The summed E-state index contributed by atoms with van der Waals surface area (Å²) in [5.41, 5.74) is 5.62. The summed E-state index contributed by atoms with van der Waals surface area (Å²) >= 11 is 6.34. The summed E-state index contributed by atoms with van der Waals surface area (Å²) in [4.78, 5) is 18.6. The van der Waals surface area contributed by atoms with Crippen molar-refractivity contribution in [1.82, 2.24) is 9.88 Å². The van der Waals surface area contributed by atoms with Crippen LogP contribution in [0.15, 0.2) is 66.7 Å². The molecule has 4 aromatic rings. The zero-order chi connectivity index (χ0) is 21.5. The second-order valence-corrected chi connectivity index (χ2v) is 8.28. The molecule has 156 valence electrons. The number of carbonyl (C=O) groups is 1. The Bertz CT molecular complexity index is 1280. The molecule has 6 heteroatoms. The smallest absolute Gasteiger partial charge is 0.322 e. The predicted octanol–water partition coefficient (Wildman–Crippen LogP) is 6.45. The molecule has 0 aliphatic carbocycles. The molecule has 0 saturated carbocycles. The number of H-pyrrole nitrogens is 1. The minimum absolute atomic E-state index is 0.246. The van der Waals surface area contributed by atoms with Crippen molar-refractivity contribution in [1.29, 1.82) is 0 Å². The van der Waals surface area contributed by atoms with Gasteiger partial charge in [0, 0.05) is 23.1 Å². The molecule has 31 heavy (non-hydrogen) atoms. The van der Waals surface area contributed by atoms with Crippen LogP contribution < -0.4 is 5.32 Å². The average molecular weight is 434 g/mol. The molecule has 0 unspecified atom stereocenters. The van der Waals surface area contributed by atoms with Crippen LogP contribution in [0.5, 0.6) is 0 Å². The lowest BCUT2D eigenvalue weighted by Crippen LogP contribution is -2.43. The van der Waals surface area contributed by atoms with E-state index >= 15 is 0 Å². The van der Waals surface area contributed by atoms with Crippen molar-refractivity contribution in [3.8, 4) is 0 Å². The molecule has 2 N–H and O–H groups in total. The van der Waals surface area contributed by atoms with Crippen molar-refractivity contribution in [3.63, 3.8) is 0 Å². The Morgan fingerprint density at radius 2 is 1.90 bits per heavy atom. The number of rotatable bonds is 2. The Morgan fingerprint density at radius 1 is 1.13 bits per heavy atom. The highest BCUT2D eigenvalue weighted by atomic mass is 35.5. The monoisotopic (exact) mass is 433 g/mol. The van der Waals surface area contributed by atoms with Crippen molar-refractivity contribution in [2.75, 3.05) is 11.9 Å². The number of benzene rings is 3. The molecule has 4 nitrogen and oxygen atoms in total. The van der Waals surface area contributed by atoms with Crippen LogP contribution in [-0.4, -0.2) is 22.5 Å². The van der Waals surface area contributed by atoms with Crippen LogP contribution in [0.2, 0.25) is 5.02 Å². The van der Waals surface area contributed by atoms with Crippen LogP contribution >= 0.6 is 11.6 Å². The van der Waals surface area contributed by atoms with Crippen molar-refractivity contribution in [2.45, 2.75) is 19.4 Å². The highest BCUT2D eigenvalue weighted by Crippen LogP contribution is 2.39. The lowest BCUT2D eigenvalue weighted by atomic mass is 9.92. The number of aromatic amines is 1. The maximum Gasteiger partial charge on any atom is 0.322 e. The fourth-order valence-corrected chi connectivity index (χ4v) is 4.64. The summed E-state index contributed by atoms with van der Waals surface area (Å²) in [5.74, 6) is -0.307. The summed E-state index contributed by atoms with van der Waals surface area (Å²) < 4.78 is 13.6. The fourth-order valence-electron chi connectivity index (χ4n) is 4.36. The normalized spacial score (nSPS) is 15.7. The lowest BCUT2D eigenvalue weighted by Gasteiger charge is -2.36. The number of nitrogens with zero attached hydrogens (tertiary/aromatic N) is 1. The Kier molecular flexibility index (Phi) is 4.91. The minimum Gasteiger partial charge on any atom is -0.356 e. The van der Waals surface area contributed by atoms with Gasteiger partial charge in [0.15, 0.2) is 0 Å². The number of halogens is 2. The van der Waals surface area contributed by atoms with Crippen molar-refractivity contribution < 1.29 is 9.18 Å². The summed E-state index contributed by atoms with van der Waals surface area (Å²) in [6, 6.07) is 19.4. The van der Waals surface area contributed by atoms with Crippen LogP contribution in [0, 0.1) is 12.7 Å². The van der Waals surface area contributed by atoms with E-state index in [1.165, 1.54) is 17.7 Å². The number of fused-ring (bicyclic) bond motifs is 3. The van der Waals surface area contributed by atoms with Gasteiger partial charge in [0.2, 0.25) is 0 Å². The van der Waals surface area contributed by atoms with Crippen LogP contribution in [0.1, 0.15) is 28.4 Å². The van der Waals surface area contributed by atoms with Gasteiger partial charge in [-0.15, -0.1) is 0 Å². The van der Waals surface area contributed by atoms with Crippen LogP contribution in [-0.2, 0) is 6.42 Å². The van der Waals surface area contributed by atoms with E-state index in [1.54, 1.807) is 23.1 Å². The van der Waals surface area contributed by atoms with E-state index < -0.39 is 0 Å². The van der Waals surface area contributed by atoms with Crippen molar-refractivity contribution in [2.24, 2.45) is 0 Å². The third-order valence-electron chi connectivity index (χ3n) is 5.85. The molecule has 5 rings (SSSR count). The first-order chi connectivity index (χ1) is 15.0. The highest BCUT2D eigenvalue weighted by Gasteiger charge is 2.34. The van der Waals surface area contributed by atoms with Gasteiger partial charge >= 0.3 is 6.03 Å². The molecule has 0 radical (unpaired) electrons. The summed E-state index contributed by atoms with van der Waals surface area (Å²) in [6.45, 7) is 2.48. The number of anilines is 1. The number of hydrogen-bond acceptors (Lipinski definition) is 1. The Hall–Kier alpha value is -3.31. The number of aryl methyl sites for hydroxylation is 1. The van der Waals surface area contributed by atoms with E-state index in [9.17, 15) is 9.18 Å². The summed E-state index contributed by atoms with van der Waals surface area (Å²) in [7, 11) is 0. The van der Waals surface area contributed by atoms with Gasteiger partial charge in [-0.3, -0.25) is 0 Å². The second kappa shape index (κ2) is 7.75. The molecule has 1 aliphatic heterocycles. The maximum absolute atomic E-state index is 13.6. The first-order valence-corrected chi connectivity index (χ1v) is 10.6. The van der Waals surface area contributed by atoms with Gasteiger partial charge in [-0.1, -0.05) is 48.0 Å². The van der Waals surface area contributed by atoms with Crippen molar-refractivity contribution >= 4 is 34.2 Å². The van der Waals surface area contributed by atoms with Crippen LogP contribution in [0.25, 0.3) is 10.9 Å². The topological polar surface area (TPSA) is 48.1 Å². The van der Waals surface area contributed by atoms with E-state index in [0.29, 0.717) is 17.3 Å². The number of hydrogen-bond donors (Lipinski definition) is 2. The molecule has 0 bridgehead atoms. The van der Waals surface area contributed by atoms with Crippen LogP contribution in [0.4, 0.5) is 14.9 Å². The fraction of sp³-hybridized carbons (Fsp3) is 0.160. The standard InChI is InChI=1S/C25H21ClFN3O/c1-15-6-11-22(20(26)14-15)29-25(31)30-13-12-19-18-4-2-3-5-21(18)28-23(19)24(30)16-7-9-17(27)10-8-16/h2-11,14,24,28H,12-13H2,1H3,(H,29,31)/t24-/m1/s1. The molecular formula is C25H21ClFN3O. The molecule has 1 aromatic heterocycles. The maximum atomic E-state index is 13.6. The van der Waals surface area contributed by atoms with Gasteiger partial charge in [0.05, 0.1) is 16.8 Å². The predicted molar refractivity (Wildman–Crippen MR) is 122 cm³/mol. The van der Waals surface area contributed by atoms with E-state index in [0.717, 1.165) is 34.1 Å². The molecule has 3 aromatic carbocycles. The SMILES string of the molecule is Cc1ccc(NC(=O)N2CCc3c([nH]c4ccccc34)[C@H]2c2ccc(F)cc2)c(Cl)c1. The average Bonchev–Trinajstić information content (AvgIpc) is 3.14. The lowest BCUT2D eigenvalue weighted by molar-refractivity contribution is 0.193. The number of para-hydroxylation sites is 1. The number of amides is 2. The quantitative estimate of drug-likeness (QED) is 0.375. The number of urea groups is 1. The van der Waals surface area contributed by atoms with E-state index in [4.69, 9.17) is 11.6 Å². The third-order valence-corrected chi connectivity index (χ3v) is 6.16. The Labute approximate surface area is 184 Å². The molecule has 0 spiro atoms. The van der Waals surface area contributed by atoms with Crippen molar-refractivity contribution in [3.05, 3.63) is 100.0 Å². The molecule has 0 fully saturated rings. The van der Waals surface area contributed by atoms with E-state index in [-0.39, 0.29) is 17.9 Å². The minimum atomic E-state index is -0.360. The summed E-state index contributed by atoms with van der Waals surface area (Å²) in [6.07, 6.45) is 0.728. The Morgan fingerprint density at radius 3 is 2.68 bits per heavy atom. The first-order valence-electron chi connectivity index (χ1n) is 10.2.